The van der Waals surface area contributed by atoms with E-state index in [2.05, 4.69) is 0 Å². The van der Waals surface area contributed by atoms with Gasteiger partial charge in [-0.15, -0.1) is 0 Å². The van der Waals surface area contributed by atoms with Crippen LogP contribution in [0.5, 0.6) is 5.75 Å². The van der Waals surface area contributed by atoms with Crippen molar-refractivity contribution in [3.63, 3.8) is 0 Å². The normalized spacial score (nSPS) is 9.94. The number of carbonyl (C=O) groups excluding carboxylic acids is 2. The lowest BCUT2D eigenvalue weighted by Crippen LogP contribution is -2.38. The van der Waals surface area contributed by atoms with E-state index in [9.17, 15) is 14.0 Å². The number of nitrogens with zero attached hydrogens (tertiary/aromatic N) is 1. The van der Waals surface area contributed by atoms with Crippen LogP contribution in [-0.4, -0.2) is 37.4 Å². The molecule has 6 heteroatoms. The second-order valence-electron chi connectivity index (χ2n) is 3.81. The molecule has 0 fully saturated rings. The Morgan fingerprint density at radius 3 is 2.61 bits per heavy atom. The van der Waals surface area contributed by atoms with Crippen LogP contribution in [0.25, 0.3) is 0 Å². The summed E-state index contributed by atoms with van der Waals surface area (Å²) < 4.78 is 18.2. The maximum atomic E-state index is 13.4. The van der Waals surface area contributed by atoms with Gasteiger partial charge in [0.1, 0.15) is 0 Å². The number of likely N-dealkylation sites (N-methyl/N-ethyl adjacent to an activating group) is 1. The molecule has 0 saturated carbocycles. The number of rotatable bonds is 4. The lowest BCUT2D eigenvalue weighted by Gasteiger charge is -2.15. The number of amides is 2. The number of benzene rings is 1. The predicted octanol–water partition coefficient (Wildman–Crippen LogP) is 0.320. The van der Waals surface area contributed by atoms with Crippen molar-refractivity contribution in [1.29, 1.82) is 0 Å². The predicted molar refractivity (Wildman–Crippen MR) is 63.5 cm³/mol. The first-order valence-electron chi connectivity index (χ1n) is 5.33. The summed E-state index contributed by atoms with van der Waals surface area (Å²) >= 11 is 0. The molecule has 2 N–H and O–H groups in total. The van der Waals surface area contributed by atoms with Crippen LogP contribution < -0.4 is 10.5 Å². The highest BCUT2D eigenvalue weighted by molar-refractivity contribution is 6.34. The van der Waals surface area contributed by atoms with Gasteiger partial charge in [0.25, 0.3) is 0 Å². The topological polar surface area (TPSA) is 72.6 Å². The largest absolute Gasteiger partial charge is 0.494 e. The maximum Gasteiger partial charge on any atom is 0.311 e. The molecule has 18 heavy (non-hydrogen) atoms. The van der Waals surface area contributed by atoms with Gasteiger partial charge in [0.05, 0.1) is 7.11 Å². The Morgan fingerprint density at radius 1 is 1.44 bits per heavy atom. The maximum absolute atomic E-state index is 13.4. The summed E-state index contributed by atoms with van der Waals surface area (Å²) in [4.78, 5) is 23.0. The van der Waals surface area contributed by atoms with Gasteiger partial charge in [-0.05, 0) is 24.1 Å². The minimum Gasteiger partial charge on any atom is -0.494 e. The number of halogens is 1. The van der Waals surface area contributed by atoms with E-state index in [1.807, 2.05) is 0 Å². The van der Waals surface area contributed by atoms with Crippen molar-refractivity contribution in [1.82, 2.24) is 4.90 Å². The van der Waals surface area contributed by atoms with Crippen molar-refractivity contribution < 1.29 is 18.7 Å². The monoisotopic (exact) mass is 254 g/mol. The summed E-state index contributed by atoms with van der Waals surface area (Å²) in [6.45, 7) is 0.285. The summed E-state index contributed by atoms with van der Waals surface area (Å²) in [5.41, 5.74) is 5.57. The molecule has 0 spiro atoms. The summed E-state index contributed by atoms with van der Waals surface area (Å²) in [5, 5.41) is 0. The van der Waals surface area contributed by atoms with E-state index in [1.165, 1.54) is 31.2 Å². The van der Waals surface area contributed by atoms with Gasteiger partial charge in [-0.2, -0.15) is 0 Å². The van der Waals surface area contributed by atoms with Crippen LogP contribution in [0.2, 0.25) is 0 Å². The molecule has 0 atom stereocenters. The molecule has 5 nitrogen and oxygen atoms in total. The highest BCUT2D eigenvalue weighted by atomic mass is 19.1. The van der Waals surface area contributed by atoms with Crippen LogP contribution in [0.15, 0.2) is 18.2 Å². The van der Waals surface area contributed by atoms with Gasteiger partial charge in [-0.25, -0.2) is 4.39 Å². The Hall–Kier alpha value is -2.11. The third-order valence-electron chi connectivity index (χ3n) is 2.51. The second kappa shape index (κ2) is 6.00. The van der Waals surface area contributed by atoms with Gasteiger partial charge in [0.2, 0.25) is 0 Å². The first-order valence-corrected chi connectivity index (χ1v) is 5.33. The molecule has 0 aliphatic heterocycles. The molecular formula is C12H15FN2O3. The molecule has 2 amide bonds. The zero-order chi connectivity index (χ0) is 13.7. The van der Waals surface area contributed by atoms with Crippen LogP contribution in [0, 0.1) is 5.82 Å². The number of hydrogen-bond acceptors (Lipinski definition) is 3. The van der Waals surface area contributed by atoms with Crippen LogP contribution in [0.4, 0.5) is 4.39 Å². The van der Waals surface area contributed by atoms with E-state index in [0.29, 0.717) is 12.0 Å². The number of ether oxygens (including phenoxy) is 1. The third-order valence-corrected chi connectivity index (χ3v) is 2.51. The van der Waals surface area contributed by atoms with Gasteiger partial charge in [0, 0.05) is 13.6 Å². The standard InChI is InChI=1S/C12H15FN2O3/c1-15(12(17)11(14)16)6-5-8-3-4-10(18-2)9(13)7-8/h3-4,7H,5-6H2,1-2H3,(H2,14,16). The minimum absolute atomic E-state index is 0.167. The van der Waals surface area contributed by atoms with Crippen LogP contribution >= 0.6 is 0 Å². The lowest BCUT2D eigenvalue weighted by atomic mass is 10.1. The average molecular weight is 254 g/mol. The summed E-state index contributed by atoms with van der Waals surface area (Å²) in [6, 6.07) is 4.55. The first-order chi connectivity index (χ1) is 8.45. The fourth-order valence-electron chi connectivity index (χ4n) is 1.45. The molecule has 0 aliphatic rings. The average Bonchev–Trinajstić information content (AvgIpc) is 2.35. The highest BCUT2D eigenvalue weighted by Crippen LogP contribution is 2.17. The van der Waals surface area contributed by atoms with Crippen molar-refractivity contribution in [2.45, 2.75) is 6.42 Å². The van der Waals surface area contributed by atoms with Gasteiger partial charge in [-0.3, -0.25) is 9.59 Å². The zero-order valence-electron chi connectivity index (χ0n) is 10.3. The Bertz CT molecular complexity index is 463. The molecule has 0 saturated heterocycles. The van der Waals surface area contributed by atoms with Gasteiger partial charge >= 0.3 is 11.8 Å². The van der Waals surface area contributed by atoms with E-state index < -0.39 is 17.6 Å². The van der Waals surface area contributed by atoms with Gasteiger partial charge in [-0.1, -0.05) is 6.07 Å². The molecule has 98 valence electrons. The van der Waals surface area contributed by atoms with Crippen molar-refractivity contribution in [2.24, 2.45) is 5.73 Å². The van der Waals surface area contributed by atoms with Crippen LogP contribution in [0.3, 0.4) is 0 Å². The van der Waals surface area contributed by atoms with Crippen molar-refractivity contribution in [2.75, 3.05) is 20.7 Å². The lowest BCUT2D eigenvalue weighted by molar-refractivity contribution is -0.143. The number of carbonyl (C=O) groups is 2. The molecular weight excluding hydrogens is 239 g/mol. The number of primary amides is 1. The molecule has 0 unspecified atom stereocenters. The fourth-order valence-corrected chi connectivity index (χ4v) is 1.45. The third kappa shape index (κ3) is 3.44. The second-order valence-corrected chi connectivity index (χ2v) is 3.81. The Morgan fingerprint density at radius 2 is 2.11 bits per heavy atom. The minimum atomic E-state index is -1.00. The van der Waals surface area contributed by atoms with Crippen molar-refractivity contribution in [3.05, 3.63) is 29.6 Å². The molecule has 1 aromatic rings. The molecule has 0 aliphatic carbocycles. The molecule has 0 radical (unpaired) electrons. The van der Waals surface area contributed by atoms with Gasteiger partial charge < -0.3 is 15.4 Å². The molecule has 0 heterocycles. The SMILES string of the molecule is COc1ccc(CCN(C)C(=O)C(N)=O)cc1F. The highest BCUT2D eigenvalue weighted by Gasteiger charge is 2.14. The Balaban J connectivity index is 2.61. The number of methoxy groups -OCH3 is 1. The molecule has 1 rings (SSSR count). The van der Waals surface area contributed by atoms with Crippen LogP contribution in [-0.2, 0) is 16.0 Å². The van der Waals surface area contributed by atoms with E-state index in [0.717, 1.165) is 0 Å². The van der Waals surface area contributed by atoms with E-state index >= 15 is 0 Å². The van der Waals surface area contributed by atoms with E-state index in [1.54, 1.807) is 6.07 Å². The molecule has 0 aromatic heterocycles. The molecule has 1 aromatic carbocycles. The quantitative estimate of drug-likeness (QED) is 0.786. The van der Waals surface area contributed by atoms with E-state index in [4.69, 9.17) is 10.5 Å². The smallest absolute Gasteiger partial charge is 0.311 e. The number of hydrogen-bond donors (Lipinski definition) is 1. The van der Waals surface area contributed by atoms with Crippen molar-refractivity contribution >= 4 is 11.8 Å². The first kappa shape index (κ1) is 14.0. The Labute approximate surface area is 104 Å². The van der Waals surface area contributed by atoms with Crippen LogP contribution in [0.1, 0.15) is 5.56 Å². The number of nitrogens with two attached hydrogens (primary N) is 1. The molecule has 0 bridgehead atoms. The summed E-state index contributed by atoms with van der Waals surface area (Å²) in [6.07, 6.45) is 0.427. The fraction of sp³-hybridized carbons (Fsp3) is 0.333. The summed E-state index contributed by atoms with van der Waals surface area (Å²) in [7, 11) is 2.85. The Kier molecular flexibility index (Phi) is 4.65. The van der Waals surface area contributed by atoms with Crippen molar-refractivity contribution in [3.8, 4) is 5.75 Å². The summed E-state index contributed by atoms with van der Waals surface area (Å²) in [5.74, 6) is -2.05. The van der Waals surface area contributed by atoms with Gasteiger partial charge in [0.15, 0.2) is 11.6 Å². The zero-order valence-corrected chi connectivity index (χ0v) is 10.3. The van der Waals surface area contributed by atoms with E-state index in [-0.39, 0.29) is 12.3 Å².